The minimum atomic E-state index is -0.771. The second kappa shape index (κ2) is 4.57. The third-order valence-electron chi connectivity index (χ3n) is 2.04. The zero-order valence-corrected chi connectivity index (χ0v) is 8.31. The lowest BCUT2D eigenvalue weighted by Gasteiger charge is -2.03. The summed E-state index contributed by atoms with van der Waals surface area (Å²) in [4.78, 5) is 14.9. The summed E-state index contributed by atoms with van der Waals surface area (Å²) in [6.45, 7) is 0.295. The Morgan fingerprint density at radius 1 is 1.50 bits per heavy atom. The number of rotatable bonds is 3. The second-order valence-electron chi connectivity index (χ2n) is 3.16. The molecule has 16 heavy (non-hydrogen) atoms. The summed E-state index contributed by atoms with van der Waals surface area (Å²) >= 11 is 0. The number of carbonyl (C=O) groups is 1. The van der Waals surface area contributed by atoms with Crippen LogP contribution in [0.2, 0.25) is 0 Å². The predicted molar refractivity (Wildman–Crippen MR) is 54.1 cm³/mol. The van der Waals surface area contributed by atoms with E-state index >= 15 is 0 Å². The molecular weight excluding hydrogens is 211 g/mol. The molecule has 0 aliphatic rings. The van der Waals surface area contributed by atoms with E-state index in [4.69, 9.17) is 4.42 Å². The minimum Gasteiger partial charge on any atom is -0.472 e. The van der Waals surface area contributed by atoms with Crippen molar-refractivity contribution < 1.29 is 13.6 Å². The predicted octanol–water partition coefficient (Wildman–Crippen LogP) is 1.74. The van der Waals surface area contributed by atoms with Crippen LogP contribution in [0.4, 0.5) is 4.39 Å². The number of halogens is 1. The number of hydrogen-bond acceptors (Lipinski definition) is 3. The first-order valence-electron chi connectivity index (χ1n) is 4.67. The van der Waals surface area contributed by atoms with Gasteiger partial charge < -0.3 is 9.73 Å². The van der Waals surface area contributed by atoms with Gasteiger partial charge in [0.05, 0.1) is 18.1 Å². The van der Waals surface area contributed by atoms with Gasteiger partial charge in [-0.3, -0.25) is 4.79 Å². The quantitative estimate of drug-likeness (QED) is 0.801. The zero-order valence-electron chi connectivity index (χ0n) is 8.31. The third kappa shape index (κ3) is 2.25. The molecule has 2 rings (SSSR count). The Kier molecular flexibility index (Phi) is 2.95. The number of aromatic nitrogens is 1. The van der Waals surface area contributed by atoms with Crippen molar-refractivity contribution in [3.63, 3.8) is 0 Å². The maximum absolute atomic E-state index is 13.1. The van der Waals surface area contributed by atoms with E-state index in [1.54, 1.807) is 6.07 Å². The summed E-state index contributed by atoms with van der Waals surface area (Å²) in [7, 11) is 0. The molecule has 2 aromatic heterocycles. The fourth-order valence-corrected chi connectivity index (χ4v) is 1.23. The van der Waals surface area contributed by atoms with Crippen LogP contribution in [-0.2, 0) is 6.54 Å². The highest BCUT2D eigenvalue weighted by Crippen LogP contribution is 2.04. The SMILES string of the molecule is O=C(NCc1ccoc1)c1cccnc1F. The number of amides is 1. The van der Waals surface area contributed by atoms with E-state index in [9.17, 15) is 9.18 Å². The largest absolute Gasteiger partial charge is 0.472 e. The van der Waals surface area contributed by atoms with Crippen LogP contribution in [-0.4, -0.2) is 10.9 Å². The summed E-state index contributed by atoms with van der Waals surface area (Å²) in [6, 6.07) is 4.61. The van der Waals surface area contributed by atoms with Crippen LogP contribution in [0.15, 0.2) is 41.3 Å². The van der Waals surface area contributed by atoms with Crippen molar-refractivity contribution in [2.45, 2.75) is 6.54 Å². The normalized spacial score (nSPS) is 10.1. The number of nitrogens with zero attached hydrogens (tertiary/aromatic N) is 1. The van der Waals surface area contributed by atoms with Gasteiger partial charge in [-0.25, -0.2) is 4.98 Å². The van der Waals surface area contributed by atoms with Crippen molar-refractivity contribution in [1.82, 2.24) is 10.3 Å². The molecule has 1 amide bonds. The molecule has 0 unspecified atom stereocenters. The zero-order chi connectivity index (χ0) is 11.4. The highest BCUT2D eigenvalue weighted by Gasteiger charge is 2.11. The van der Waals surface area contributed by atoms with Crippen LogP contribution < -0.4 is 5.32 Å². The molecule has 0 aliphatic carbocycles. The van der Waals surface area contributed by atoms with Gasteiger partial charge in [-0.1, -0.05) is 0 Å². The summed E-state index contributed by atoms with van der Waals surface area (Å²) in [5.74, 6) is -1.26. The number of carbonyl (C=O) groups excluding carboxylic acids is 1. The maximum Gasteiger partial charge on any atom is 0.256 e. The third-order valence-corrected chi connectivity index (χ3v) is 2.04. The van der Waals surface area contributed by atoms with Crippen molar-refractivity contribution in [3.8, 4) is 0 Å². The van der Waals surface area contributed by atoms with Crippen LogP contribution in [0.25, 0.3) is 0 Å². The molecule has 0 saturated heterocycles. The molecule has 0 fully saturated rings. The van der Waals surface area contributed by atoms with E-state index < -0.39 is 11.9 Å². The molecule has 0 aromatic carbocycles. The summed E-state index contributed by atoms with van der Waals surface area (Å²) < 4.78 is 18.0. The first-order valence-corrected chi connectivity index (χ1v) is 4.67. The van der Waals surface area contributed by atoms with Crippen molar-refractivity contribution >= 4 is 5.91 Å². The first kappa shape index (κ1) is 10.4. The molecule has 4 nitrogen and oxygen atoms in total. The Bertz CT molecular complexity index is 482. The van der Waals surface area contributed by atoms with Crippen molar-refractivity contribution in [3.05, 3.63) is 54.0 Å². The van der Waals surface area contributed by atoms with Gasteiger partial charge in [0.2, 0.25) is 5.95 Å². The molecule has 0 spiro atoms. The summed E-state index contributed by atoms with van der Waals surface area (Å²) in [6.07, 6.45) is 4.31. The molecule has 0 saturated carbocycles. The van der Waals surface area contributed by atoms with Crippen molar-refractivity contribution in [2.75, 3.05) is 0 Å². The number of furan rings is 1. The molecule has 5 heteroatoms. The highest BCUT2D eigenvalue weighted by atomic mass is 19.1. The van der Waals surface area contributed by atoms with E-state index in [0.29, 0.717) is 6.54 Å². The van der Waals surface area contributed by atoms with Crippen LogP contribution >= 0.6 is 0 Å². The molecule has 0 atom stereocenters. The molecule has 0 bridgehead atoms. The molecule has 82 valence electrons. The summed E-state index contributed by atoms with van der Waals surface area (Å²) in [5.41, 5.74) is 0.753. The van der Waals surface area contributed by atoms with Gasteiger partial charge in [0, 0.05) is 18.3 Å². The van der Waals surface area contributed by atoms with E-state index in [2.05, 4.69) is 10.3 Å². The Labute approximate surface area is 91.1 Å². The van der Waals surface area contributed by atoms with Crippen LogP contribution in [0.5, 0.6) is 0 Å². The van der Waals surface area contributed by atoms with Gasteiger partial charge in [-0.15, -0.1) is 0 Å². The Morgan fingerprint density at radius 2 is 2.38 bits per heavy atom. The Hall–Kier alpha value is -2.17. The number of nitrogens with one attached hydrogen (secondary N) is 1. The standard InChI is InChI=1S/C11H9FN2O2/c12-10-9(2-1-4-13-10)11(15)14-6-8-3-5-16-7-8/h1-5,7H,6H2,(H,14,15). The van der Waals surface area contributed by atoms with Gasteiger partial charge >= 0.3 is 0 Å². The Balaban J connectivity index is 2.01. The smallest absolute Gasteiger partial charge is 0.256 e. The van der Waals surface area contributed by atoms with Gasteiger partial charge in [0.25, 0.3) is 5.91 Å². The van der Waals surface area contributed by atoms with Gasteiger partial charge in [-0.05, 0) is 18.2 Å². The lowest BCUT2D eigenvalue weighted by Crippen LogP contribution is -2.23. The van der Waals surface area contributed by atoms with Gasteiger partial charge in [0.15, 0.2) is 0 Å². The molecule has 2 aromatic rings. The highest BCUT2D eigenvalue weighted by molar-refractivity contribution is 5.94. The van der Waals surface area contributed by atoms with E-state index in [0.717, 1.165) is 5.56 Å². The first-order chi connectivity index (χ1) is 7.77. The topological polar surface area (TPSA) is 55.1 Å². The van der Waals surface area contributed by atoms with Crippen LogP contribution in [0.3, 0.4) is 0 Å². The molecular formula is C11H9FN2O2. The van der Waals surface area contributed by atoms with Crippen LogP contribution in [0.1, 0.15) is 15.9 Å². The van der Waals surface area contributed by atoms with E-state index in [1.807, 2.05) is 0 Å². The monoisotopic (exact) mass is 220 g/mol. The molecule has 0 aliphatic heterocycles. The lowest BCUT2D eigenvalue weighted by atomic mass is 10.2. The van der Waals surface area contributed by atoms with Gasteiger partial charge in [0.1, 0.15) is 0 Å². The average Bonchev–Trinajstić information content (AvgIpc) is 2.79. The van der Waals surface area contributed by atoms with E-state index in [1.165, 1.54) is 30.9 Å². The Morgan fingerprint density at radius 3 is 3.06 bits per heavy atom. The average molecular weight is 220 g/mol. The number of pyridine rings is 1. The number of hydrogen-bond donors (Lipinski definition) is 1. The molecule has 1 N–H and O–H groups in total. The van der Waals surface area contributed by atoms with Crippen LogP contribution in [0, 0.1) is 5.95 Å². The lowest BCUT2D eigenvalue weighted by molar-refractivity contribution is 0.0946. The molecule has 0 radical (unpaired) electrons. The van der Waals surface area contributed by atoms with Crippen molar-refractivity contribution in [1.29, 1.82) is 0 Å². The fourth-order valence-electron chi connectivity index (χ4n) is 1.23. The maximum atomic E-state index is 13.1. The summed E-state index contributed by atoms with van der Waals surface area (Å²) in [5, 5.41) is 2.56. The van der Waals surface area contributed by atoms with Gasteiger partial charge in [-0.2, -0.15) is 4.39 Å². The fraction of sp³-hybridized carbons (Fsp3) is 0.0909. The second-order valence-corrected chi connectivity index (χ2v) is 3.16. The molecule has 2 heterocycles. The van der Waals surface area contributed by atoms with E-state index in [-0.39, 0.29) is 5.56 Å². The van der Waals surface area contributed by atoms with Crippen molar-refractivity contribution in [2.24, 2.45) is 0 Å². The minimum absolute atomic E-state index is 0.0639.